The maximum atomic E-state index is 9.90. The molecule has 23 heavy (non-hydrogen) atoms. The molecule has 1 aliphatic heterocycles. The number of hydrogen-bond acceptors (Lipinski definition) is 4. The summed E-state index contributed by atoms with van der Waals surface area (Å²) in [4.78, 5) is 2.60. The van der Waals surface area contributed by atoms with Gasteiger partial charge < -0.3 is 15.2 Å². The topological polar surface area (TPSA) is 44.7 Å². The minimum absolute atomic E-state index is 0.00427. The van der Waals surface area contributed by atoms with Crippen molar-refractivity contribution in [1.29, 1.82) is 0 Å². The van der Waals surface area contributed by atoms with Gasteiger partial charge in [0.1, 0.15) is 5.75 Å². The smallest absolute Gasteiger partial charge is 0.115 e. The van der Waals surface area contributed by atoms with Crippen molar-refractivity contribution in [3.8, 4) is 5.75 Å². The first-order chi connectivity index (χ1) is 11.1. The quantitative estimate of drug-likeness (QED) is 0.896. The molecule has 0 radical (unpaired) electrons. The van der Waals surface area contributed by atoms with E-state index >= 15 is 0 Å². The van der Waals surface area contributed by atoms with Crippen molar-refractivity contribution in [3.05, 3.63) is 29.8 Å². The third-order valence-corrected chi connectivity index (χ3v) is 5.33. The molecule has 0 spiro atoms. The van der Waals surface area contributed by atoms with Crippen LogP contribution in [-0.2, 0) is 10.3 Å². The molecule has 1 saturated heterocycles. The first kappa shape index (κ1) is 16.7. The summed E-state index contributed by atoms with van der Waals surface area (Å²) in [7, 11) is 0. The Morgan fingerprint density at radius 1 is 1.22 bits per heavy atom. The number of benzene rings is 1. The lowest BCUT2D eigenvalue weighted by molar-refractivity contribution is -0.0000980. The molecule has 4 heteroatoms. The maximum absolute atomic E-state index is 9.90. The average molecular weight is 318 g/mol. The number of rotatable bonds is 4. The second-order valence-corrected chi connectivity index (χ2v) is 7.31. The van der Waals surface area contributed by atoms with E-state index in [0.717, 1.165) is 39.1 Å². The van der Waals surface area contributed by atoms with Crippen LogP contribution in [0.5, 0.6) is 5.75 Å². The Morgan fingerprint density at radius 3 is 2.52 bits per heavy atom. The van der Waals surface area contributed by atoms with Crippen LogP contribution in [0.3, 0.4) is 0 Å². The SMILES string of the molecule is CC(C)NC1(c2cccc(O)c2)CCC(N2CCOCC2)CC1. The van der Waals surface area contributed by atoms with E-state index in [4.69, 9.17) is 4.74 Å². The van der Waals surface area contributed by atoms with Gasteiger partial charge in [-0.05, 0) is 43.4 Å². The lowest BCUT2D eigenvalue weighted by atomic mass is 9.74. The number of hydrogen-bond donors (Lipinski definition) is 2. The largest absolute Gasteiger partial charge is 0.508 e. The van der Waals surface area contributed by atoms with Gasteiger partial charge in [-0.1, -0.05) is 26.0 Å². The molecule has 1 aromatic carbocycles. The van der Waals surface area contributed by atoms with Crippen molar-refractivity contribution in [1.82, 2.24) is 10.2 Å². The number of aromatic hydroxyl groups is 1. The minimum Gasteiger partial charge on any atom is -0.508 e. The third-order valence-electron chi connectivity index (χ3n) is 5.33. The molecule has 4 nitrogen and oxygen atoms in total. The normalized spacial score (nSPS) is 29.8. The summed E-state index contributed by atoms with van der Waals surface area (Å²) in [6.07, 6.45) is 4.65. The van der Waals surface area contributed by atoms with Crippen molar-refractivity contribution >= 4 is 0 Å². The van der Waals surface area contributed by atoms with Gasteiger partial charge in [0.15, 0.2) is 0 Å². The Morgan fingerprint density at radius 2 is 1.91 bits per heavy atom. The highest BCUT2D eigenvalue weighted by atomic mass is 16.5. The Hall–Kier alpha value is -1.10. The van der Waals surface area contributed by atoms with E-state index in [1.807, 2.05) is 12.1 Å². The Labute approximate surface area is 139 Å². The maximum Gasteiger partial charge on any atom is 0.115 e. The predicted molar refractivity (Wildman–Crippen MR) is 92.7 cm³/mol. The van der Waals surface area contributed by atoms with Crippen molar-refractivity contribution in [3.63, 3.8) is 0 Å². The van der Waals surface area contributed by atoms with Gasteiger partial charge in [-0.3, -0.25) is 4.90 Å². The Balaban J connectivity index is 1.74. The van der Waals surface area contributed by atoms with E-state index in [1.165, 1.54) is 18.4 Å². The fourth-order valence-electron chi connectivity index (χ4n) is 4.28. The standard InChI is InChI=1S/C19H30N2O2/c1-15(2)20-19(16-4-3-5-18(22)14-16)8-6-17(7-9-19)21-10-12-23-13-11-21/h3-5,14-15,17,20,22H,6-13H2,1-2H3. The molecule has 3 rings (SSSR count). The zero-order chi connectivity index (χ0) is 16.3. The molecule has 0 aromatic heterocycles. The molecule has 128 valence electrons. The lowest BCUT2D eigenvalue weighted by Crippen LogP contribution is -2.52. The molecular weight excluding hydrogens is 288 g/mol. The molecule has 2 fully saturated rings. The molecule has 0 bridgehead atoms. The van der Waals surface area contributed by atoms with Crippen LogP contribution in [0, 0.1) is 0 Å². The van der Waals surface area contributed by atoms with Crippen molar-refractivity contribution < 1.29 is 9.84 Å². The van der Waals surface area contributed by atoms with Crippen LogP contribution in [0.15, 0.2) is 24.3 Å². The Bertz CT molecular complexity index is 504. The van der Waals surface area contributed by atoms with Crippen LogP contribution in [0.25, 0.3) is 0 Å². The highest BCUT2D eigenvalue weighted by Gasteiger charge is 2.38. The molecule has 1 saturated carbocycles. The molecule has 1 aliphatic carbocycles. The summed E-state index contributed by atoms with van der Waals surface area (Å²) >= 11 is 0. The molecule has 1 aromatic rings. The van der Waals surface area contributed by atoms with Gasteiger partial charge >= 0.3 is 0 Å². The van der Waals surface area contributed by atoms with E-state index < -0.39 is 0 Å². The van der Waals surface area contributed by atoms with Crippen LogP contribution in [0.1, 0.15) is 45.1 Å². The summed E-state index contributed by atoms with van der Waals surface area (Å²) < 4.78 is 5.48. The van der Waals surface area contributed by atoms with Crippen LogP contribution in [0.2, 0.25) is 0 Å². The van der Waals surface area contributed by atoms with E-state index in [1.54, 1.807) is 6.07 Å². The molecule has 1 heterocycles. The summed E-state index contributed by atoms with van der Waals surface area (Å²) in [6.45, 7) is 8.30. The average Bonchev–Trinajstić information content (AvgIpc) is 2.56. The molecular formula is C19H30N2O2. The highest BCUT2D eigenvalue weighted by molar-refractivity contribution is 5.33. The van der Waals surface area contributed by atoms with Gasteiger partial charge in [0.25, 0.3) is 0 Å². The number of morpholine rings is 1. The fraction of sp³-hybridized carbons (Fsp3) is 0.684. The molecule has 0 amide bonds. The van der Waals surface area contributed by atoms with Crippen LogP contribution >= 0.6 is 0 Å². The fourth-order valence-corrected chi connectivity index (χ4v) is 4.28. The van der Waals surface area contributed by atoms with Crippen molar-refractivity contribution in [2.45, 2.75) is 57.2 Å². The zero-order valence-electron chi connectivity index (χ0n) is 14.4. The summed E-state index contributed by atoms with van der Waals surface area (Å²) in [5.41, 5.74) is 1.22. The van der Waals surface area contributed by atoms with E-state index in [9.17, 15) is 5.11 Å². The molecule has 0 atom stereocenters. The van der Waals surface area contributed by atoms with Gasteiger partial charge in [-0.2, -0.15) is 0 Å². The van der Waals surface area contributed by atoms with Gasteiger partial charge in [0.05, 0.1) is 13.2 Å². The highest BCUT2D eigenvalue weighted by Crippen LogP contribution is 2.40. The first-order valence-corrected chi connectivity index (χ1v) is 8.98. The molecule has 2 aliphatic rings. The van der Waals surface area contributed by atoms with E-state index in [0.29, 0.717) is 17.8 Å². The van der Waals surface area contributed by atoms with Gasteiger partial charge in [0.2, 0.25) is 0 Å². The van der Waals surface area contributed by atoms with Crippen molar-refractivity contribution in [2.75, 3.05) is 26.3 Å². The van der Waals surface area contributed by atoms with Crippen molar-refractivity contribution in [2.24, 2.45) is 0 Å². The summed E-state index contributed by atoms with van der Waals surface area (Å²) in [6, 6.07) is 8.92. The van der Waals surface area contributed by atoms with Gasteiger partial charge in [-0.25, -0.2) is 0 Å². The third kappa shape index (κ3) is 3.87. The first-order valence-electron chi connectivity index (χ1n) is 8.98. The zero-order valence-corrected chi connectivity index (χ0v) is 14.4. The number of nitrogens with one attached hydrogen (secondary N) is 1. The number of phenols is 1. The van der Waals surface area contributed by atoms with Gasteiger partial charge in [0, 0.05) is 30.7 Å². The number of ether oxygens (including phenoxy) is 1. The summed E-state index contributed by atoms with van der Waals surface area (Å²) in [5, 5.41) is 13.7. The van der Waals surface area contributed by atoms with Crippen LogP contribution < -0.4 is 5.32 Å². The lowest BCUT2D eigenvalue weighted by Gasteiger charge is -2.46. The number of nitrogens with zero attached hydrogens (tertiary/aromatic N) is 1. The van der Waals surface area contributed by atoms with Crippen LogP contribution in [-0.4, -0.2) is 48.4 Å². The van der Waals surface area contributed by atoms with E-state index in [2.05, 4.69) is 30.1 Å². The minimum atomic E-state index is -0.00427. The second kappa shape index (κ2) is 7.20. The van der Waals surface area contributed by atoms with Gasteiger partial charge in [-0.15, -0.1) is 0 Å². The Kier molecular flexibility index (Phi) is 5.24. The second-order valence-electron chi connectivity index (χ2n) is 7.31. The molecule has 0 unspecified atom stereocenters. The number of phenolic OH excluding ortho intramolecular Hbond substituents is 1. The predicted octanol–water partition coefficient (Wildman–Crippen LogP) is 2.86. The monoisotopic (exact) mass is 318 g/mol. The van der Waals surface area contributed by atoms with E-state index in [-0.39, 0.29) is 5.54 Å². The molecule has 2 N–H and O–H groups in total. The summed E-state index contributed by atoms with van der Waals surface area (Å²) in [5.74, 6) is 0.364. The van der Waals surface area contributed by atoms with Crippen LogP contribution in [0.4, 0.5) is 0 Å².